The average molecular weight is 336 g/mol. The Morgan fingerprint density at radius 2 is 1.87 bits per heavy atom. The van der Waals surface area contributed by atoms with Gasteiger partial charge in [-0.05, 0) is 19.1 Å². The molecule has 1 aromatic carbocycles. The number of aromatic nitrogens is 1. The summed E-state index contributed by atoms with van der Waals surface area (Å²) in [5, 5.41) is 0. The molecule has 2 rings (SSSR count). The average Bonchev–Trinajstić information content (AvgIpc) is 2.49. The summed E-state index contributed by atoms with van der Waals surface area (Å²) in [6.45, 7) is 2.18. The number of rotatable bonds is 5. The Morgan fingerprint density at radius 3 is 2.48 bits per heavy atom. The Morgan fingerprint density at radius 1 is 1.17 bits per heavy atom. The molecule has 6 nitrogen and oxygen atoms in total. The topological polar surface area (TPSA) is 68.6 Å². The van der Waals surface area contributed by atoms with Crippen molar-refractivity contribution >= 4 is 10.0 Å². The van der Waals surface area contributed by atoms with E-state index in [1.54, 1.807) is 7.11 Å². The van der Waals surface area contributed by atoms with Crippen molar-refractivity contribution in [3.63, 3.8) is 0 Å². The van der Waals surface area contributed by atoms with Crippen LogP contribution in [0.2, 0.25) is 0 Å². The molecule has 1 heterocycles. The molecule has 23 heavy (non-hydrogen) atoms. The van der Waals surface area contributed by atoms with Crippen molar-refractivity contribution in [1.29, 1.82) is 0 Å². The molecular weight excluding hydrogens is 316 g/mol. The largest absolute Gasteiger partial charge is 0.496 e. The highest BCUT2D eigenvalue weighted by Gasteiger charge is 2.18. The minimum atomic E-state index is -3.59. The summed E-state index contributed by atoms with van der Waals surface area (Å²) in [6.07, 6.45) is 1.36. The molecule has 0 unspecified atom stereocenters. The molecule has 0 amide bonds. The van der Waals surface area contributed by atoms with Crippen molar-refractivity contribution in [2.45, 2.75) is 18.4 Å². The minimum Gasteiger partial charge on any atom is -0.496 e. The van der Waals surface area contributed by atoms with Gasteiger partial charge in [-0.2, -0.15) is 0 Å². The molecule has 0 saturated carbocycles. The highest BCUT2D eigenvalue weighted by molar-refractivity contribution is 7.89. The first kappa shape index (κ1) is 17.2. The monoisotopic (exact) mass is 336 g/mol. The SMILES string of the molecule is COc1ccc(C)cc1Cn1cc(S(=O)(=O)N(C)C)ccc1=O. The van der Waals surface area contributed by atoms with Crippen LogP contribution >= 0.6 is 0 Å². The molecule has 124 valence electrons. The van der Waals surface area contributed by atoms with Crippen molar-refractivity contribution in [2.24, 2.45) is 0 Å². The number of pyridine rings is 1. The second kappa shape index (κ2) is 6.55. The van der Waals surface area contributed by atoms with Crippen LogP contribution in [0.3, 0.4) is 0 Å². The smallest absolute Gasteiger partial charge is 0.250 e. The highest BCUT2D eigenvalue weighted by Crippen LogP contribution is 2.21. The number of hydrogen-bond donors (Lipinski definition) is 0. The van der Waals surface area contributed by atoms with E-state index >= 15 is 0 Å². The fourth-order valence-corrected chi connectivity index (χ4v) is 3.13. The number of ether oxygens (including phenoxy) is 1. The molecule has 0 aliphatic rings. The molecule has 0 bridgehead atoms. The number of aryl methyl sites for hydroxylation is 1. The third-order valence-corrected chi connectivity index (χ3v) is 5.31. The molecule has 1 aromatic heterocycles. The fraction of sp³-hybridized carbons (Fsp3) is 0.312. The Balaban J connectivity index is 2.49. The van der Waals surface area contributed by atoms with Gasteiger partial charge >= 0.3 is 0 Å². The lowest BCUT2D eigenvalue weighted by Gasteiger charge is -2.14. The van der Waals surface area contributed by atoms with Gasteiger partial charge in [0.25, 0.3) is 5.56 Å². The lowest BCUT2D eigenvalue weighted by molar-refractivity contribution is 0.408. The number of nitrogens with zero attached hydrogens (tertiary/aromatic N) is 2. The molecule has 0 saturated heterocycles. The second-order valence-electron chi connectivity index (χ2n) is 5.43. The van der Waals surface area contributed by atoms with Gasteiger partial charge in [-0.3, -0.25) is 4.79 Å². The highest BCUT2D eigenvalue weighted by atomic mass is 32.2. The van der Waals surface area contributed by atoms with E-state index in [4.69, 9.17) is 4.74 Å². The zero-order chi connectivity index (χ0) is 17.2. The maximum atomic E-state index is 12.2. The van der Waals surface area contributed by atoms with Gasteiger partial charge < -0.3 is 9.30 Å². The molecule has 0 fully saturated rings. The summed E-state index contributed by atoms with van der Waals surface area (Å²) in [5.74, 6) is 0.656. The van der Waals surface area contributed by atoms with Gasteiger partial charge in [0.15, 0.2) is 0 Å². The third kappa shape index (κ3) is 3.62. The van der Waals surface area contributed by atoms with Gasteiger partial charge in [-0.25, -0.2) is 12.7 Å². The van der Waals surface area contributed by atoms with Crippen molar-refractivity contribution in [3.8, 4) is 5.75 Å². The van der Waals surface area contributed by atoms with Crippen LogP contribution in [0.1, 0.15) is 11.1 Å². The molecule has 0 N–H and O–H groups in total. The van der Waals surface area contributed by atoms with Gasteiger partial charge in [0, 0.05) is 31.9 Å². The van der Waals surface area contributed by atoms with Crippen LogP contribution in [-0.2, 0) is 16.6 Å². The molecule has 0 spiro atoms. The fourth-order valence-electron chi connectivity index (χ4n) is 2.21. The van der Waals surface area contributed by atoms with Crippen molar-refractivity contribution in [3.05, 3.63) is 58.0 Å². The van der Waals surface area contributed by atoms with Crippen LogP contribution in [0, 0.1) is 6.92 Å². The van der Waals surface area contributed by atoms with Gasteiger partial charge in [-0.1, -0.05) is 17.7 Å². The van der Waals surface area contributed by atoms with E-state index < -0.39 is 10.0 Å². The van der Waals surface area contributed by atoms with Crippen LogP contribution < -0.4 is 10.3 Å². The minimum absolute atomic E-state index is 0.0775. The van der Waals surface area contributed by atoms with Gasteiger partial charge in [0.1, 0.15) is 5.75 Å². The Labute approximate surface area is 136 Å². The summed E-state index contributed by atoms with van der Waals surface area (Å²) in [6, 6.07) is 8.24. The van der Waals surface area contributed by atoms with Crippen molar-refractivity contribution in [1.82, 2.24) is 8.87 Å². The van der Waals surface area contributed by atoms with Crippen LogP contribution in [0.15, 0.2) is 46.2 Å². The lowest BCUT2D eigenvalue weighted by Crippen LogP contribution is -2.26. The molecule has 0 radical (unpaired) electrons. The summed E-state index contributed by atoms with van der Waals surface area (Å²) >= 11 is 0. The Bertz CT molecular complexity index is 870. The molecule has 2 aromatic rings. The van der Waals surface area contributed by atoms with Gasteiger partial charge in [-0.15, -0.1) is 0 Å². The van der Waals surface area contributed by atoms with E-state index in [1.807, 2.05) is 25.1 Å². The van der Waals surface area contributed by atoms with Gasteiger partial charge in [0.05, 0.1) is 18.6 Å². The molecule has 0 aliphatic carbocycles. The van der Waals surface area contributed by atoms with E-state index in [2.05, 4.69) is 0 Å². The number of hydrogen-bond acceptors (Lipinski definition) is 4. The van der Waals surface area contributed by atoms with E-state index in [9.17, 15) is 13.2 Å². The predicted octanol–water partition coefficient (Wildman–Crippen LogP) is 1.46. The zero-order valence-corrected chi connectivity index (χ0v) is 14.4. The van der Waals surface area contributed by atoms with E-state index in [-0.39, 0.29) is 17.0 Å². The number of benzene rings is 1. The first-order valence-electron chi connectivity index (χ1n) is 7.02. The number of methoxy groups -OCH3 is 1. The molecule has 7 heteroatoms. The van der Waals surface area contributed by atoms with Crippen LogP contribution in [0.4, 0.5) is 0 Å². The third-order valence-electron chi connectivity index (χ3n) is 3.51. The first-order chi connectivity index (χ1) is 10.8. The second-order valence-corrected chi connectivity index (χ2v) is 7.59. The maximum Gasteiger partial charge on any atom is 0.250 e. The van der Waals surface area contributed by atoms with E-state index in [0.717, 1.165) is 15.4 Å². The first-order valence-corrected chi connectivity index (χ1v) is 8.46. The Kier molecular flexibility index (Phi) is 4.91. The van der Waals surface area contributed by atoms with Gasteiger partial charge in [0.2, 0.25) is 10.0 Å². The summed E-state index contributed by atoms with van der Waals surface area (Å²) in [5.41, 5.74) is 1.58. The van der Waals surface area contributed by atoms with E-state index in [0.29, 0.717) is 5.75 Å². The van der Waals surface area contributed by atoms with E-state index in [1.165, 1.54) is 37.0 Å². The maximum absolute atomic E-state index is 12.2. The lowest BCUT2D eigenvalue weighted by atomic mass is 10.1. The summed E-state index contributed by atoms with van der Waals surface area (Å²) in [7, 11) is 0.875. The van der Waals surface area contributed by atoms with Crippen molar-refractivity contribution < 1.29 is 13.2 Å². The number of sulfonamides is 1. The summed E-state index contributed by atoms with van der Waals surface area (Å²) in [4.78, 5) is 12.1. The quantitative estimate of drug-likeness (QED) is 0.829. The predicted molar refractivity (Wildman–Crippen MR) is 88.4 cm³/mol. The van der Waals surface area contributed by atoms with Crippen LogP contribution in [-0.4, -0.2) is 38.5 Å². The normalized spacial score (nSPS) is 11.7. The molecular formula is C16H20N2O4S. The summed E-state index contributed by atoms with van der Waals surface area (Å²) < 4.78 is 32.2. The van der Waals surface area contributed by atoms with Crippen molar-refractivity contribution in [2.75, 3.05) is 21.2 Å². The zero-order valence-electron chi connectivity index (χ0n) is 13.6. The molecule has 0 atom stereocenters. The van der Waals surface area contributed by atoms with Crippen LogP contribution in [0.25, 0.3) is 0 Å². The Hall–Kier alpha value is -2.12. The standard InChI is InChI=1S/C16H20N2O4S/c1-12-5-7-15(22-4)13(9-12)10-18-11-14(6-8-16(18)19)23(20,21)17(2)3/h5-9,11H,10H2,1-4H3. The van der Waals surface area contributed by atoms with Crippen LogP contribution in [0.5, 0.6) is 5.75 Å². The molecule has 0 aliphatic heterocycles.